The lowest BCUT2D eigenvalue weighted by atomic mass is 10.2. The Bertz CT molecular complexity index is 751. The van der Waals surface area contributed by atoms with Crippen molar-refractivity contribution in [2.75, 3.05) is 24.6 Å². The van der Waals surface area contributed by atoms with Crippen molar-refractivity contribution in [2.45, 2.75) is 50.8 Å². The first-order valence-electron chi connectivity index (χ1n) is 8.95. The van der Waals surface area contributed by atoms with Crippen molar-refractivity contribution in [3.8, 4) is 6.07 Å². The van der Waals surface area contributed by atoms with Gasteiger partial charge in [-0.25, -0.2) is 9.48 Å². The zero-order chi connectivity index (χ0) is 18.5. The number of aromatic nitrogens is 2. The Morgan fingerprint density at radius 3 is 2.88 bits per heavy atom. The van der Waals surface area contributed by atoms with Crippen LogP contribution in [0.4, 0.5) is 10.5 Å². The Kier molecular flexibility index (Phi) is 5.73. The lowest BCUT2D eigenvalue weighted by molar-refractivity contribution is 0.105. The largest absolute Gasteiger partial charge is 0.444 e. The number of aliphatic hydroxyl groups excluding tert-OH is 1. The number of nitriles is 1. The van der Waals surface area contributed by atoms with Gasteiger partial charge in [0, 0.05) is 19.0 Å². The monoisotopic (exact) mass is 361 g/mol. The van der Waals surface area contributed by atoms with Crippen LogP contribution in [0.25, 0.3) is 0 Å². The van der Waals surface area contributed by atoms with Crippen molar-refractivity contribution in [1.82, 2.24) is 15.1 Å². The molecule has 1 aliphatic heterocycles. The minimum atomic E-state index is -0.526. The number of amides is 1. The van der Waals surface area contributed by atoms with Gasteiger partial charge in [0.25, 0.3) is 5.56 Å². The molecule has 2 heterocycles. The van der Waals surface area contributed by atoms with E-state index in [-0.39, 0.29) is 30.9 Å². The van der Waals surface area contributed by atoms with E-state index in [4.69, 9.17) is 9.84 Å². The van der Waals surface area contributed by atoms with E-state index in [0.717, 1.165) is 30.4 Å². The zero-order valence-corrected chi connectivity index (χ0v) is 14.6. The number of alkyl carbamates (subject to hydrolysis) is 1. The van der Waals surface area contributed by atoms with Gasteiger partial charge in [-0.05, 0) is 12.8 Å². The number of ether oxygens (including phenoxy) is 1. The Balaban J connectivity index is 1.63. The first-order valence-corrected chi connectivity index (χ1v) is 8.95. The van der Waals surface area contributed by atoms with Gasteiger partial charge in [0.15, 0.2) is 0 Å². The standard InChI is InChI=1S/C17H23N5O4/c18-9-14-15(10-19-22(7-8-23)16(14)24)21-6-5-13(11-21)26-17(25)20-12-3-1-2-4-12/h10,12-13,23H,1-8,11H2,(H,20,25). The molecule has 26 heavy (non-hydrogen) atoms. The molecule has 1 atom stereocenters. The third-order valence-corrected chi connectivity index (χ3v) is 4.88. The molecule has 3 rings (SSSR count). The molecule has 2 N–H and O–H groups in total. The molecule has 0 bridgehead atoms. The average molecular weight is 361 g/mol. The van der Waals surface area contributed by atoms with Gasteiger partial charge in [-0.2, -0.15) is 10.4 Å². The maximum atomic E-state index is 12.3. The zero-order valence-electron chi connectivity index (χ0n) is 14.6. The second-order valence-electron chi connectivity index (χ2n) is 6.66. The Hall–Kier alpha value is -2.60. The normalized spacial score (nSPS) is 20.2. The highest BCUT2D eigenvalue weighted by Gasteiger charge is 2.29. The quantitative estimate of drug-likeness (QED) is 0.776. The van der Waals surface area contributed by atoms with E-state index in [1.165, 1.54) is 6.20 Å². The molecule has 9 heteroatoms. The van der Waals surface area contributed by atoms with Crippen LogP contribution in [0.5, 0.6) is 0 Å². The maximum absolute atomic E-state index is 12.3. The molecule has 1 saturated heterocycles. The van der Waals surface area contributed by atoms with Crippen molar-refractivity contribution < 1.29 is 14.6 Å². The van der Waals surface area contributed by atoms with Gasteiger partial charge in [0.05, 0.1) is 31.6 Å². The summed E-state index contributed by atoms with van der Waals surface area (Å²) < 4.78 is 6.55. The van der Waals surface area contributed by atoms with E-state index in [1.807, 2.05) is 11.0 Å². The summed E-state index contributed by atoms with van der Waals surface area (Å²) in [5.74, 6) is 0. The topological polar surface area (TPSA) is 120 Å². The van der Waals surface area contributed by atoms with E-state index in [2.05, 4.69) is 10.4 Å². The van der Waals surface area contributed by atoms with Gasteiger partial charge < -0.3 is 20.1 Å². The summed E-state index contributed by atoms with van der Waals surface area (Å²) in [7, 11) is 0. The van der Waals surface area contributed by atoms with Crippen LogP contribution in [0, 0.1) is 11.3 Å². The van der Waals surface area contributed by atoms with Crippen molar-refractivity contribution in [3.63, 3.8) is 0 Å². The van der Waals surface area contributed by atoms with Gasteiger partial charge in [0.2, 0.25) is 0 Å². The molecule has 0 spiro atoms. The smallest absolute Gasteiger partial charge is 0.407 e. The summed E-state index contributed by atoms with van der Waals surface area (Å²) in [6.45, 7) is 0.798. The molecule has 1 saturated carbocycles. The molecule has 1 unspecified atom stereocenters. The first kappa shape index (κ1) is 18.2. The highest BCUT2D eigenvalue weighted by Crippen LogP contribution is 2.23. The number of aliphatic hydroxyl groups is 1. The van der Waals surface area contributed by atoms with Crippen LogP contribution >= 0.6 is 0 Å². The molecule has 1 aliphatic carbocycles. The summed E-state index contributed by atoms with van der Waals surface area (Å²) in [6.07, 6.45) is 5.64. The first-order chi connectivity index (χ1) is 12.6. The SMILES string of the molecule is N#Cc1c(N2CCC(OC(=O)NC3CCCC3)C2)cnn(CCO)c1=O. The summed E-state index contributed by atoms with van der Waals surface area (Å²) in [5, 5.41) is 25.2. The number of anilines is 1. The predicted molar refractivity (Wildman–Crippen MR) is 92.8 cm³/mol. The fourth-order valence-electron chi connectivity index (χ4n) is 3.54. The molecule has 1 amide bonds. The van der Waals surface area contributed by atoms with Crippen LogP contribution in [0.3, 0.4) is 0 Å². The molecule has 1 aromatic rings. The van der Waals surface area contributed by atoms with Gasteiger partial charge in [-0.3, -0.25) is 4.79 Å². The molecule has 2 aliphatic rings. The minimum absolute atomic E-state index is 0.00972. The lowest BCUT2D eigenvalue weighted by Crippen LogP contribution is -2.36. The summed E-state index contributed by atoms with van der Waals surface area (Å²) in [6, 6.07) is 2.13. The average Bonchev–Trinajstić information content (AvgIpc) is 3.28. The number of hydrogen-bond donors (Lipinski definition) is 2. The predicted octanol–water partition coefficient (Wildman–Crippen LogP) is 0.355. The number of carbonyl (C=O) groups is 1. The van der Waals surface area contributed by atoms with E-state index in [1.54, 1.807) is 0 Å². The summed E-state index contributed by atoms with van der Waals surface area (Å²) in [5.41, 5.74) is -0.0964. The van der Waals surface area contributed by atoms with Crippen molar-refractivity contribution in [3.05, 3.63) is 22.1 Å². The van der Waals surface area contributed by atoms with Gasteiger partial charge in [-0.15, -0.1) is 0 Å². The van der Waals surface area contributed by atoms with E-state index < -0.39 is 11.7 Å². The second kappa shape index (κ2) is 8.19. The molecule has 1 aromatic heterocycles. The van der Waals surface area contributed by atoms with Crippen LogP contribution in [0.1, 0.15) is 37.7 Å². The third-order valence-electron chi connectivity index (χ3n) is 4.88. The highest BCUT2D eigenvalue weighted by molar-refractivity contribution is 5.68. The van der Waals surface area contributed by atoms with E-state index >= 15 is 0 Å². The molecule has 140 valence electrons. The minimum Gasteiger partial charge on any atom is -0.444 e. The van der Waals surface area contributed by atoms with Crippen LogP contribution in [-0.2, 0) is 11.3 Å². The highest BCUT2D eigenvalue weighted by atomic mass is 16.6. The van der Waals surface area contributed by atoms with Crippen molar-refractivity contribution in [2.24, 2.45) is 0 Å². The molecule has 9 nitrogen and oxygen atoms in total. The lowest BCUT2D eigenvalue weighted by Gasteiger charge is -2.20. The molecule has 0 radical (unpaired) electrons. The Morgan fingerprint density at radius 1 is 1.42 bits per heavy atom. The maximum Gasteiger partial charge on any atom is 0.407 e. The van der Waals surface area contributed by atoms with E-state index in [9.17, 15) is 14.9 Å². The number of carbonyl (C=O) groups excluding carboxylic acids is 1. The third kappa shape index (κ3) is 3.96. The van der Waals surface area contributed by atoms with Crippen molar-refractivity contribution >= 4 is 11.8 Å². The Morgan fingerprint density at radius 2 is 2.19 bits per heavy atom. The molecule has 2 fully saturated rings. The summed E-state index contributed by atoms with van der Waals surface area (Å²) >= 11 is 0. The fourth-order valence-corrected chi connectivity index (χ4v) is 3.54. The van der Waals surface area contributed by atoms with Gasteiger partial charge in [-0.1, -0.05) is 12.8 Å². The number of nitrogens with one attached hydrogen (secondary N) is 1. The fraction of sp³-hybridized carbons (Fsp3) is 0.647. The van der Waals surface area contributed by atoms with Crippen LogP contribution in [0.15, 0.2) is 11.0 Å². The van der Waals surface area contributed by atoms with Gasteiger partial charge >= 0.3 is 6.09 Å². The van der Waals surface area contributed by atoms with E-state index in [0.29, 0.717) is 25.2 Å². The second-order valence-corrected chi connectivity index (χ2v) is 6.66. The number of rotatable bonds is 5. The van der Waals surface area contributed by atoms with Gasteiger partial charge in [0.1, 0.15) is 17.7 Å². The van der Waals surface area contributed by atoms with Crippen LogP contribution in [0.2, 0.25) is 0 Å². The Labute approximate surface area is 151 Å². The molecule has 0 aromatic carbocycles. The number of nitrogens with zero attached hydrogens (tertiary/aromatic N) is 4. The molecular weight excluding hydrogens is 338 g/mol. The summed E-state index contributed by atoms with van der Waals surface area (Å²) in [4.78, 5) is 26.1. The molecular formula is C17H23N5O4. The van der Waals surface area contributed by atoms with Crippen molar-refractivity contribution in [1.29, 1.82) is 5.26 Å². The van der Waals surface area contributed by atoms with Crippen LogP contribution in [-0.4, -0.2) is 52.8 Å². The van der Waals surface area contributed by atoms with Crippen LogP contribution < -0.4 is 15.8 Å². The number of hydrogen-bond acceptors (Lipinski definition) is 7.